The first kappa shape index (κ1) is 15.9. The van der Waals surface area contributed by atoms with E-state index in [-0.39, 0.29) is 5.54 Å². The maximum absolute atomic E-state index is 4.01. The molecule has 1 aromatic rings. The van der Waals surface area contributed by atoms with Crippen LogP contribution in [0.3, 0.4) is 0 Å². The molecule has 0 radical (unpaired) electrons. The van der Waals surface area contributed by atoms with Gasteiger partial charge >= 0.3 is 0 Å². The lowest BCUT2D eigenvalue weighted by molar-refractivity contribution is 0.280. The highest BCUT2D eigenvalue weighted by Crippen LogP contribution is 2.39. The van der Waals surface area contributed by atoms with Gasteiger partial charge in [-0.25, -0.2) is 0 Å². The summed E-state index contributed by atoms with van der Waals surface area (Å²) in [4.78, 5) is 2.57. The Morgan fingerprint density at radius 1 is 1.05 bits per heavy atom. The lowest BCUT2D eigenvalue weighted by atomic mass is 9.77. The Kier molecular flexibility index (Phi) is 5.67. The van der Waals surface area contributed by atoms with Gasteiger partial charge in [0.15, 0.2) is 0 Å². The smallest absolute Gasteiger partial charge is 0.0440 e. The van der Waals surface area contributed by atoms with E-state index < -0.39 is 0 Å². The Morgan fingerprint density at radius 3 is 2.24 bits per heavy atom. The van der Waals surface area contributed by atoms with Crippen LogP contribution in [0.5, 0.6) is 0 Å². The quantitative estimate of drug-likeness (QED) is 0.595. The first-order valence-electron chi connectivity index (χ1n) is 8.34. The number of rotatable bonds is 7. The maximum Gasteiger partial charge on any atom is 0.0440 e. The Bertz CT molecular complexity index is 451. The van der Waals surface area contributed by atoms with Crippen LogP contribution < -0.4 is 4.90 Å². The molecule has 0 atom stereocenters. The zero-order chi connectivity index (χ0) is 15.1. The summed E-state index contributed by atoms with van der Waals surface area (Å²) >= 11 is 0. The number of benzene rings is 1. The topological polar surface area (TPSA) is 3.24 Å². The van der Waals surface area contributed by atoms with Crippen LogP contribution in [0, 0.1) is 0 Å². The molecule has 1 fully saturated rings. The molecule has 1 saturated carbocycles. The molecule has 2 rings (SSSR count). The lowest BCUT2D eigenvalue weighted by Crippen LogP contribution is -2.50. The van der Waals surface area contributed by atoms with Crippen LogP contribution in [-0.2, 0) is 6.42 Å². The molecule has 1 nitrogen and oxygen atoms in total. The molecular formula is C20H29N. The van der Waals surface area contributed by atoms with E-state index >= 15 is 0 Å². The highest BCUT2D eigenvalue weighted by atomic mass is 15.2. The van der Waals surface area contributed by atoms with Gasteiger partial charge in [0.1, 0.15) is 0 Å². The van der Waals surface area contributed by atoms with Crippen molar-refractivity contribution in [2.45, 2.75) is 57.4 Å². The predicted octanol–water partition coefficient (Wildman–Crippen LogP) is 5.52. The molecule has 0 saturated heterocycles. The largest absolute Gasteiger partial charge is 0.362 e. The summed E-state index contributed by atoms with van der Waals surface area (Å²) in [7, 11) is 0. The molecule has 0 spiro atoms. The lowest BCUT2D eigenvalue weighted by Gasteiger charge is -2.47. The fraction of sp³-hybridized carbons (Fsp3) is 0.500. The third-order valence-corrected chi connectivity index (χ3v) is 4.85. The van der Waals surface area contributed by atoms with E-state index in [1.54, 1.807) is 0 Å². The molecule has 0 N–H and O–H groups in total. The van der Waals surface area contributed by atoms with Crippen LogP contribution in [-0.4, -0.2) is 12.1 Å². The molecule has 0 amide bonds. The minimum atomic E-state index is 0.238. The first-order valence-corrected chi connectivity index (χ1v) is 8.34. The van der Waals surface area contributed by atoms with Crippen molar-refractivity contribution in [1.29, 1.82) is 0 Å². The van der Waals surface area contributed by atoms with Gasteiger partial charge in [0.05, 0.1) is 0 Å². The second-order valence-corrected chi connectivity index (χ2v) is 6.20. The summed E-state index contributed by atoms with van der Waals surface area (Å²) < 4.78 is 0. The van der Waals surface area contributed by atoms with Gasteiger partial charge in [-0.3, -0.25) is 0 Å². The van der Waals surface area contributed by atoms with Gasteiger partial charge in [-0.1, -0.05) is 50.5 Å². The Balaban J connectivity index is 2.33. The minimum Gasteiger partial charge on any atom is -0.362 e. The maximum atomic E-state index is 4.01. The fourth-order valence-electron chi connectivity index (χ4n) is 3.68. The van der Waals surface area contributed by atoms with Crippen LogP contribution in [0.1, 0.15) is 51.0 Å². The highest BCUT2D eigenvalue weighted by molar-refractivity contribution is 5.51. The van der Waals surface area contributed by atoms with E-state index in [9.17, 15) is 0 Å². The molecule has 114 valence electrons. The third-order valence-electron chi connectivity index (χ3n) is 4.85. The zero-order valence-corrected chi connectivity index (χ0v) is 13.5. The van der Waals surface area contributed by atoms with E-state index in [1.165, 1.54) is 43.4 Å². The van der Waals surface area contributed by atoms with Crippen LogP contribution in [0.25, 0.3) is 0 Å². The molecular weight excluding hydrogens is 254 g/mol. The summed E-state index contributed by atoms with van der Waals surface area (Å²) in [5.74, 6) is 0. The molecule has 0 aliphatic heterocycles. The molecule has 0 unspecified atom stereocenters. The zero-order valence-electron chi connectivity index (χ0n) is 13.5. The number of aryl methyl sites for hydroxylation is 1. The van der Waals surface area contributed by atoms with Crippen molar-refractivity contribution in [2.24, 2.45) is 0 Å². The van der Waals surface area contributed by atoms with E-state index in [0.717, 1.165) is 19.4 Å². The standard InChI is InChI=1S/C20H29N/c1-4-14-20(15-8-7-9-16-20)21(17-5-2)19-12-10-18(6-3)11-13-19/h4-5,10-13H,1-2,6-9,14-17H2,3H3. The number of hydrogen-bond acceptors (Lipinski definition) is 1. The average Bonchev–Trinajstić information content (AvgIpc) is 2.54. The number of hydrogen-bond donors (Lipinski definition) is 0. The second kappa shape index (κ2) is 7.49. The van der Waals surface area contributed by atoms with Crippen LogP contribution in [0.15, 0.2) is 49.6 Å². The van der Waals surface area contributed by atoms with E-state index in [4.69, 9.17) is 0 Å². The monoisotopic (exact) mass is 283 g/mol. The van der Waals surface area contributed by atoms with Gasteiger partial charge in [0.25, 0.3) is 0 Å². The van der Waals surface area contributed by atoms with Gasteiger partial charge in [-0.05, 0) is 43.4 Å². The van der Waals surface area contributed by atoms with Crippen LogP contribution >= 0.6 is 0 Å². The minimum absolute atomic E-state index is 0.238. The SMILES string of the molecule is C=CCN(c1ccc(CC)cc1)C1(CC=C)CCCCC1. The van der Waals surface area contributed by atoms with E-state index in [0.29, 0.717) is 0 Å². The van der Waals surface area contributed by atoms with Crippen LogP contribution in [0.4, 0.5) is 5.69 Å². The normalized spacial score (nSPS) is 17.2. The van der Waals surface area contributed by atoms with Gasteiger partial charge in [-0.15, -0.1) is 13.2 Å². The van der Waals surface area contributed by atoms with Gasteiger partial charge in [0.2, 0.25) is 0 Å². The summed E-state index contributed by atoms with van der Waals surface area (Å²) in [6.45, 7) is 11.1. The summed E-state index contributed by atoms with van der Waals surface area (Å²) in [5, 5.41) is 0. The molecule has 1 heteroatoms. The van der Waals surface area contributed by atoms with Crippen molar-refractivity contribution in [3.05, 3.63) is 55.1 Å². The van der Waals surface area contributed by atoms with Crippen molar-refractivity contribution in [2.75, 3.05) is 11.4 Å². The van der Waals surface area contributed by atoms with Crippen molar-refractivity contribution in [1.82, 2.24) is 0 Å². The fourth-order valence-corrected chi connectivity index (χ4v) is 3.68. The van der Waals surface area contributed by atoms with Crippen molar-refractivity contribution < 1.29 is 0 Å². The number of nitrogens with zero attached hydrogens (tertiary/aromatic N) is 1. The third kappa shape index (κ3) is 3.58. The summed E-state index contributed by atoms with van der Waals surface area (Å²) in [5.41, 5.74) is 2.97. The molecule has 0 aromatic heterocycles. The van der Waals surface area contributed by atoms with Crippen LogP contribution in [0.2, 0.25) is 0 Å². The molecule has 0 heterocycles. The first-order chi connectivity index (χ1) is 10.3. The van der Waals surface area contributed by atoms with E-state index in [1.807, 2.05) is 6.08 Å². The van der Waals surface area contributed by atoms with Gasteiger partial charge in [-0.2, -0.15) is 0 Å². The van der Waals surface area contributed by atoms with Crippen molar-refractivity contribution in [3.63, 3.8) is 0 Å². The predicted molar refractivity (Wildman–Crippen MR) is 94.0 cm³/mol. The molecule has 21 heavy (non-hydrogen) atoms. The summed E-state index contributed by atoms with van der Waals surface area (Å²) in [6, 6.07) is 9.08. The Morgan fingerprint density at radius 2 is 1.71 bits per heavy atom. The second-order valence-electron chi connectivity index (χ2n) is 6.20. The molecule has 1 aliphatic rings. The van der Waals surface area contributed by atoms with Crippen molar-refractivity contribution >= 4 is 5.69 Å². The molecule has 0 bridgehead atoms. The summed E-state index contributed by atoms with van der Waals surface area (Å²) in [6.07, 6.45) is 12.9. The van der Waals surface area contributed by atoms with E-state index in [2.05, 4.69) is 55.3 Å². The van der Waals surface area contributed by atoms with Crippen molar-refractivity contribution in [3.8, 4) is 0 Å². The molecule has 1 aliphatic carbocycles. The Labute approximate surface area is 130 Å². The highest BCUT2D eigenvalue weighted by Gasteiger charge is 2.36. The number of anilines is 1. The van der Waals surface area contributed by atoms with Gasteiger partial charge < -0.3 is 4.90 Å². The Hall–Kier alpha value is -1.50. The molecule has 1 aromatic carbocycles. The van der Waals surface area contributed by atoms with Gasteiger partial charge in [0, 0.05) is 17.8 Å². The average molecular weight is 283 g/mol.